The van der Waals surface area contributed by atoms with E-state index in [0.717, 1.165) is 12.2 Å². The molecule has 0 heterocycles. The van der Waals surface area contributed by atoms with Gasteiger partial charge in [-0.3, -0.25) is 0 Å². The van der Waals surface area contributed by atoms with E-state index in [0.29, 0.717) is 18.9 Å². The van der Waals surface area contributed by atoms with Gasteiger partial charge in [0.1, 0.15) is 12.4 Å². The second kappa shape index (κ2) is 5.75. The average Bonchev–Trinajstić information content (AvgIpc) is 2.25. The van der Waals surface area contributed by atoms with Crippen molar-refractivity contribution in [3.8, 4) is 5.75 Å². The van der Waals surface area contributed by atoms with Crippen molar-refractivity contribution in [1.82, 2.24) is 0 Å². The maximum atomic E-state index is 5.67. The van der Waals surface area contributed by atoms with Crippen LogP contribution in [0.1, 0.15) is 27.2 Å². The van der Waals surface area contributed by atoms with E-state index in [1.807, 2.05) is 24.3 Å². The molecule has 0 amide bonds. The number of ether oxygens (including phenoxy) is 2. The van der Waals surface area contributed by atoms with Gasteiger partial charge in [0.2, 0.25) is 0 Å². The van der Waals surface area contributed by atoms with Crippen LogP contribution in [0.25, 0.3) is 0 Å². The maximum absolute atomic E-state index is 5.67. The smallest absolute Gasteiger partial charge is 0.121 e. The van der Waals surface area contributed by atoms with Gasteiger partial charge in [-0.25, -0.2) is 0 Å². The van der Waals surface area contributed by atoms with Gasteiger partial charge in [0.15, 0.2) is 0 Å². The quantitative estimate of drug-likeness (QED) is 0.595. The van der Waals surface area contributed by atoms with Gasteiger partial charge in [0.25, 0.3) is 0 Å². The lowest BCUT2D eigenvalue weighted by Crippen LogP contribution is -2.25. The SMILES string of the molecule is CCC(C)(C)OCCOc1cccc(N)c1. The van der Waals surface area contributed by atoms with Crippen molar-refractivity contribution in [1.29, 1.82) is 0 Å². The molecule has 0 unspecified atom stereocenters. The van der Waals surface area contributed by atoms with Crippen LogP contribution in [0.3, 0.4) is 0 Å². The summed E-state index contributed by atoms with van der Waals surface area (Å²) in [5.74, 6) is 0.790. The van der Waals surface area contributed by atoms with E-state index in [4.69, 9.17) is 15.2 Å². The summed E-state index contributed by atoms with van der Waals surface area (Å²) < 4.78 is 11.2. The van der Waals surface area contributed by atoms with E-state index in [2.05, 4.69) is 20.8 Å². The molecule has 3 nitrogen and oxygen atoms in total. The maximum Gasteiger partial charge on any atom is 0.121 e. The van der Waals surface area contributed by atoms with Crippen molar-refractivity contribution in [2.24, 2.45) is 0 Å². The Kier molecular flexibility index (Phi) is 4.62. The molecular weight excluding hydrogens is 202 g/mol. The lowest BCUT2D eigenvalue weighted by molar-refractivity contribution is -0.0317. The molecule has 0 saturated carbocycles. The molecule has 0 saturated heterocycles. The van der Waals surface area contributed by atoms with Crippen LogP contribution >= 0.6 is 0 Å². The molecule has 0 atom stereocenters. The third-order valence-electron chi connectivity index (χ3n) is 2.55. The van der Waals surface area contributed by atoms with Crippen LogP contribution in [0, 0.1) is 0 Å². The topological polar surface area (TPSA) is 44.5 Å². The van der Waals surface area contributed by atoms with E-state index < -0.39 is 0 Å². The molecule has 0 bridgehead atoms. The summed E-state index contributed by atoms with van der Waals surface area (Å²) in [7, 11) is 0. The molecule has 0 aromatic heterocycles. The minimum absolute atomic E-state index is 0.0704. The van der Waals surface area contributed by atoms with Crippen LogP contribution in [0.4, 0.5) is 5.69 Å². The summed E-state index contributed by atoms with van der Waals surface area (Å²) in [6.07, 6.45) is 0.991. The highest BCUT2D eigenvalue weighted by Gasteiger charge is 2.14. The van der Waals surface area contributed by atoms with Gasteiger partial charge in [-0.2, -0.15) is 0 Å². The highest BCUT2D eigenvalue weighted by Crippen LogP contribution is 2.15. The molecule has 90 valence electrons. The number of benzene rings is 1. The Morgan fingerprint density at radius 2 is 2.00 bits per heavy atom. The van der Waals surface area contributed by atoms with Crippen molar-refractivity contribution in [2.75, 3.05) is 18.9 Å². The molecule has 0 fully saturated rings. The molecular formula is C13H21NO2. The Morgan fingerprint density at radius 3 is 2.62 bits per heavy atom. The van der Waals surface area contributed by atoms with E-state index >= 15 is 0 Å². The van der Waals surface area contributed by atoms with Gasteiger partial charge in [-0.15, -0.1) is 0 Å². The number of anilines is 1. The lowest BCUT2D eigenvalue weighted by Gasteiger charge is -2.23. The predicted octanol–water partition coefficient (Wildman–Crippen LogP) is 2.85. The van der Waals surface area contributed by atoms with Crippen LogP contribution in [0.15, 0.2) is 24.3 Å². The van der Waals surface area contributed by atoms with Gasteiger partial charge in [0, 0.05) is 11.8 Å². The zero-order valence-corrected chi connectivity index (χ0v) is 10.3. The van der Waals surface area contributed by atoms with Crippen LogP contribution < -0.4 is 10.5 Å². The number of nitrogens with two attached hydrogens (primary N) is 1. The monoisotopic (exact) mass is 223 g/mol. The lowest BCUT2D eigenvalue weighted by atomic mass is 10.1. The third kappa shape index (κ3) is 4.53. The first-order valence-electron chi connectivity index (χ1n) is 5.66. The fourth-order valence-electron chi connectivity index (χ4n) is 1.18. The molecule has 0 aliphatic rings. The fraction of sp³-hybridized carbons (Fsp3) is 0.538. The van der Waals surface area contributed by atoms with Crippen LogP contribution in [0.2, 0.25) is 0 Å². The second-order valence-electron chi connectivity index (χ2n) is 4.38. The first-order chi connectivity index (χ1) is 7.53. The van der Waals surface area contributed by atoms with Crippen molar-refractivity contribution >= 4 is 5.69 Å². The molecule has 0 aliphatic heterocycles. The minimum Gasteiger partial charge on any atom is -0.491 e. The molecule has 1 aromatic rings. The molecule has 0 radical (unpaired) electrons. The first-order valence-corrected chi connectivity index (χ1v) is 5.66. The van der Waals surface area contributed by atoms with E-state index in [1.165, 1.54) is 0 Å². The number of rotatable bonds is 6. The van der Waals surface area contributed by atoms with Crippen molar-refractivity contribution in [3.63, 3.8) is 0 Å². The Balaban J connectivity index is 2.26. The fourth-order valence-corrected chi connectivity index (χ4v) is 1.18. The predicted molar refractivity (Wildman–Crippen MR) is 66.7 cm³/mol. The summed E-state index contributed by atoms with van der Waals surface area (Å²) in [6.45, 7) is 7.41. The van der Waals surface area contributed by atoms with Gasteiger partial charge < -0.3 is 15.2 Å². The summed E-state index contributed by atoms with van der Waals surface area (Å²) in [5.41, 5.74) is 6.29. The molecule has 2 N–H and O–H groups in total. The van der Waals surface area contributed by atoms with Crippen molar-refractivity contribution in [3.05, 3.63) is 24.3 Å². The molecule has 1 rings (SSSR count). The third-order valence-corrected chi connectivity index (χ3v) is 2.55. The summed E-state index contributed by atoms with van der Waals surface area (Å²) in [5, 5.41) is 0. The summed E-state index contributed by atoms with van der Waals surface area (Å²) >= 11 is 0. The Bertz CT molecular complexity index is 323. The van der Waals surface area contributed by atoms with Crippen molar-refractivity contribution < 1.29 is 9.47 Å². The van der Waals surface area contributed by atoms with E-state index in [1.54, 1.807) is 0 Å². The highest BCUT2D eigenvalue weighted by atomic mass is 16.5. The number of nitrogen functional groups attached to an aromatic ring is 1. The standard InChI is InChI=1S/C13H21NO2/c1-4-13(2,3)16-9-8-15-12-7-5-6-11(14)10-12/h5-7,10H,4,8-9,14H2,1-3H3. The molecule has 0 spiro atoms. The van der Waals surface area contributed by atoms with E-state index in [9.17, 15) is 0 Å². The van der Waals surface area contributed by atoms with Crippen LogP contribution in [-0.2, 0) is 4.74 Å². The number of hydrogen-bond acceptors (Lipinski definition) is 3. The van der Waals surface area contributed by atoms with Crippen LogP contribution in [0.5, 0.6) is 5.75 Å². The zero-order valence-electron chi connectivity index (χ0n) is 10.3. The Morgan fingerprint density at radius 1 is 1.25 bits per heavy atom. The zero-order chi connectivity index (χ0) is 12.0. The Labute approximate surface area is 97.6 Å². The number of hydrogen-bond donors (Lipinski definition) is 1. The van der Waals surface area contributed by atoms with E-state index in [-0.39, 0.29) is 5.60 Å². The van der Waals surface area contributed by atoms with Crippen LogP contribution in [-0.4, -0.2) is 18.8 Å². The first kappa shape index (κ1) is 12.8. The molecule has 1 aromatic carbocycles. The second-order valence-corrected chi connectivity index (χ2v) is 4.38. The van der Waals surface area contributed by atoms with Gasteiger partial charge >= 0.3 is 0 Å². The molecule has 0 aliphatic carbocycles. The Hall–Kier alpha value is -1.22. The summed E-state index contributed by atoms with van der Waals surface area (Å²) in [6, 6.07) is 7.41. The molecule has 3 heteroatoms. The van der Waals surface area contributed by atoms with Gasteiger partial charge in [0.05, 0.1) is 12.2 Å². The molecule has 16 heavy (non-hydrogen) atoms. The van der Waals surface area contributed by atoms with Gasteiger partial charge in [-0.1, -0.05) is 13.0 Å². The normalized spacial score (nSPS) is 11.4. The van der Waals surface area contributed by atoms with Crippen molar-refractivity contribution in [2.45, 2.75) is 32.8 Å². The highest BCUT2D eigenvalue weighted by molar-refractivity contribution is 5.43. The van der Waals surface area contributed by atoms with Gasteiger partial charge in [-0.05, 0) is 32.4 Å². The largest absolute Gasteiger partial charge is 0.491 e. The minimum atomic E-state index is -0.0704. The summed E-state index contributed by atoms with van der Waals surface area (Å²) in [4.78, 5) is 0. The average molecular weight is 223 g/mol.